The summed E-state index contributed by atoms with van der Waals surface area (Å²) in [7, 11) is 0. The molecule has 0 saturated heterocycles. The van der Waals surface area contributed by atoms with Crippen molar-refractivity contribution in [2.24, 2.45) is 0 Å². The third-order valence-corrected chi connectivity index (χ3v) is 11.3. The molecule has 6 aromatic carbocycles. The standard InChI is InChI=1S/C46H32N4/c1-3-11-29(12-4-1)49-35-17-9-7-15-31(35)41-39(49)23-27-19-21-47-37-26-38-34(25-33(37)43(41)45(27)47)44-42-32-16-8-10-18-36(32)50(30-13-5-2-6-14-30)40(42)24-28-20-22-48(38)46(28)44/h1,3-4,7-12,15-26,30H,2,5-6,13-14H2/i1D,2D,3D,4D,5D,6D,11D,12D,13D,14D. The van der Waals surface area contributed by atoms with E-state index in [4.69, 9.17) is 11.0 Å². The minimum atomic E-state index is -1.13. The first kappa shape index (κ1) is 18.7. The molecule has 1 aliphatic carbocycles. The van der Waals surface area contributed by atoms with Crippen LogP contribution in [0.15, 0.2) is 128 Å². The third kappa shape index (κ3) is 2.98. The number of nitrogens with zero attached hydrogens (tertiary/aromatic N) is 4. The van der Waals surface area contributed by atoms with E-state index >= 15 is 0 Å². The number of benzene rings is 6. The molecule has 0 bridgehead atoms. The molecule has 0 N–H and O–H groups in total. The van der Waals surface area contributed by atoms with E-state index in [-0.39, 0.29) is 29.9 Å². The lowest BCUT2D eigenvalue weighted by atomic mass is 9.95. The van der Waals surface area contributed by atoms with Gasteiger partial charge in [0, 0.05) is 90.4 Å². The predicted molar refractivity (Wildman–Crippen MR) is 210 cm³/mol. The Kier molecular flexibility index (Phi) is 3.35. The molecule has 6 heterocycles. The molecule has 13 rings (SSSR count). The maximum Gasteiger partial charge on any atom is 0.0645 e. The first-order valence-electron chi connectivity index (χ1n) is 22.4. The van der Waals surface area contributed by atoms with Gasteiger partial charge in [0.25, 0.3) is 0 Å². The fourth-order valence-corrected chi connectivity index (χ4v) is 9.41. The van der Waals surface area contributed by atoms with Crippen molar-refractivity contribution in [2.45, 2.75) is 38.0 Å². The second kappa shape index (κ2) is 8.96. The van der Waals surface area contributed by atoms with Crippen LogP contribution in [0.5, 0.6) is 0 Å². The summed E-state index contributed by atoms with van der Waals surface area (Å²) in [6, 6.07) is 26.1. The smallest absolute Gasteiger partial charge is 0.0645 e. The highest BCUT2D eigenvalue weighted by molar-refractivity contribution is 6.36. The van der Waals surface area contributed by atoms with Gasteiger partial charge in [-0.15, -0.1) is 0 Å². The second-order valence-corrected chi connectivity index (χ2v) is 13.6. The quantitative estimate of drug-likeness (QED) is 0.177. The molecule has 1 fully saturated rings. The van der Waals surface area contributed by atoms with E-state index in [2.05, 4.69) is 63.7 Å². The van der Waals surface area contributed by atoms with E-state index in [1.54, 1.807) is 0 Å². The Bertz CT molecular complexity index is 3810. The van der Waals surface area contributed by atoms with E-state index < -0.39 is 44.1 Å². The van der Waals surface area contributed by atoms with Gasteiger partial charge < -0.3 is 17.9 Å². The van der Waals surface area contributed by atoms with E-state index in [0.717, 1.165) is 98.0 Å². The Morgan fingerprint density at radius 2 is 1.12 bits per heavy atom. The Morgan fingerprint density at radius 3 is 1.82 bits per heavy atom. The SMILES string of the molecule is [2H]c1c([2H])c([2H])c(-n2c3ccccc3c3c4c5cc6c7c8c9ccccc9n(C9C([2H])C([2H])C([2H])C([2H])C9[2H])c8cc8ccn(c6cc5n5ccc(cc32)c45)c87)c([2H])c1[2H]. The highest BCUT2D eigenvalue weighted by atomic mass is 15.0. The summed E-state index contributed by atoms with van der Waals surface area (Å²) in [5, 5.41) is 9.75. The molecule has 4 unspecified atom stereocenters. The lowest BCUT2D eigenvalue weighted by Crippen LogP contribution is -2.12. The van der Waals surface area contributed by atoms with E-state index in [9.17, 15) is 2.74 Å². The van der Waals surface area contributed by atoms with Crippen LogP contribution >= 0.6 is 0 Å². The number of fused-ring (bicyclic) bond motifs is 14. The van der Waals surface area contributed by atoms with Crippen molar-refractivity contribution in [1.82, 2.24) is 17.9 Å². The second-order valence-electron chi connectivity index (χ2n) is 13.6. The van der Waals surface area contributed by atoms with Gasteiger partial charge in [-0.2, -0.15) is 0 Å². The molecule has 0 amide bonds. The van der Waals surface area contributed by atoms with Crippen molar-refractivity contribution in [2.75, 3.05) is 0 Å². The first-order valence-corrected chi connectivity index (χ1v) is 17.0. The fraction of sp³-hybridized carbons (Fsp3) is 0.130. The van der Waals surface area contributed by atoms with E-state index in [1.165, 1.54) is 0 Å². The summed E-state index contributed by atoms with van der Waals surface area (Å²) in [5.41, 5.74) is 7.34. The van der Waals surface area contributed by atoms with E-state index in [1.807, 2.05) is 51.6 Å². The molecule has 50 heavy (non-hydrogen) atoms. The number of hydrogen-bond donors (Lipinski definition) is 0. The highest BCUT2D eigenvalue weighted by Gasteiger charge is 2.27. The van der Waals surface area contributed by atoms with Gasteiger partial charge in [-0.05, 0) is 73.4 Å². The largest absolute Gasteiger partial charge is 0.337 e. The first-order chi connectivity index (χ1) is 29.0. The maximum absolute atomic E-state index is 9.20. The van der Waals surface area contributed by atoms with Gasteiger partial charge >= 0.3 is 0 Å². The molecule has 0 radical (unpaired) electrons. The van der Waals surface area contributed by atoms with Crippen LogP contribution in [-0.4, -0.2) is 17.9 Å². The zero-order valence-corrected chi connectivity index (χ0v) is 26.5. The monoisotopic (exact) mass is 650 g/mol. The molecule has 0 spiro atoms. The van der Waals surface area contributed by atoms with Gasteiger partial charge in [-0.1, -0.05) is 73.7 Å². The summed E-state index contributed by atoms with van der Waals surface area (Å²) in [4.78, 5) is 0. The summed E-state index contributed by atoms with van der Waals surface area (Å²) in [6.45, 7) is 0. The van der Waals surface area contributed by atoms with Gasteiger partial charge in [-0.3, -0.25) is 0 Å². The maximum atomic E-state index is 9.20. The van der Waals surface area contributed by atoms with Crippen LogP contribution in [-0.2, 0) is 0 Å². The van der Waals surface area contributed by atoms with Crippen LogP contribution < -0.4 is 0 Å². The average molecular weight is 651 g/mol. The Labute approximate surface area is 300 Å². The normalized spacial score (nSPS) is 26.4. The summed E-state index contributed by atoms with van der Waals surface area (Å²) < 4.78 is 96.1. The van der Waals surface area contributed by atoms with Crippen LogP contribution in [0.1, 0.15) is 51.7 Å². The number of aromatic nitrogens is 4. The average Bonchev–Trinajstić information content (AvgIpc) is 4.11. The topological polar surface area (TPSA) is 18.7 Å². The minimum absolute atomic E-state index is 0.102. The van der Waals surface area contributed by atoms with Crippen molar-refractivity contribution in [3.63, 3.8) is 0 Å². The zero-order valence-electron chi connectivity index (χ0n) is 36.5. The molecule has 4 heteroatoms. The van der Waals surface area contributed by atoms with Gasteiger partial charge in [0.05, 0.1) is 45.5 Å². The van der Waals surface area contributed by atoms with Crippen molar-refractivity contribution >= 4 is 98.0 Å². The molecule has 1 aliphatic rings. The van der Waals surface area contributed by atoms with Crippen LogP contribution in [0, 0.1) is 0 Å². The summed E-state index contributed by atoms with van der Waals surface area (Å²) >= 11 is 0. The molecular formula is C46H32N4. The lowest BCUT2D eigenvalue weighted by molar-refractivity contribution is 0.367. The molecule has 4 atom stereocenters. The van der Waals surface area contributed by atoms with Crippen LogP contribution in [0.3, 0.4) is 0 Å². The van der Waals surface area contributed by atoms with Gasteiger partial charge in [-0.25, -0.2) is 0 Å². The Hall–Kier alpha value is -6.00. The van der Waals surface area contributed by atoms with Crippen LogP contribution in [0.4, 0.5) is 0 Å². The van der Waals surface area contributed by atoms with Crippen molar-refractivity contribution in [3.05, 3.63) is 128 Å². The van der Waals surface area contributed by atoms with Crippen molar-refractivity contribution < 1.29 is 13.7 Å². The molecule has 12 aromatic rings. The Balaban J connectivity index is 1.20. The number of para-hydroxylation sites is 3. The fourth-order valence-electron chi connectivity index (χ4n) is 9.41. The van der Waals surface area contributed by atoms with Gasteiger partial charge in [0.1, 0.15) is 0 Å². The van der Waals surface area contributed by atoms with Gasteiger partial charge in [0.15, 0.2) is 0 Å². The van der Waals surface area contributed by atoms with Gasteiger partial charge in [0.2, 0.25) is 0 Å². The van der Waals surface area contributed by atoms with E-state index in [0.29, 0.717) is 0 Å². The molecule has 4 nitrogen and oxygen atoms in total. The van der Waals surface area contributed by atoms with Crippen LogP contribution in [0.2, 0.25) is 0 Å². The highest BCUT2D eigenvalue weighted by Crippen LogP contribution is 2.49. The van der Waals surface area contributed by atoms with Crippen molar-refractivity contribution in [1.29, 1.82) is 0 Å². The zero-order chi connectivity index (χ0) is 40.9. The predicted octanol–water partition coefficient (Wildman–Crippen LogP) is 12.4. The molecule has 236 valence electrons. The molecular weight excluding hydrogens is 609 g/mol. The third-order valence-electron chi connectivity index (χ3n) is 11.3. The summed E-state index contributed by atoms with van der Waals surface area (Å²) in [5.74, 6) is 0. The Morgan fingerprint density at radius 1 is 0.520 bits per heavy atom. The molecule has 1 saturated carbocycles. The number of rotatable bonds is 2. The van der Waals surface area contributed by atoms with Crippen LogP contribution in [0.25, 0.3) is 104 Å². The lowest BCUT2D eigenvalue weighted by Gasteiger charge is -2.25. The minimum Gasteiger partial charge on any atom is -0.337 e. The van der Waals surface area contributed by atoms with Crippen molar-refractivity contribution in [3.8, 4) is 5.69 Å². The molecule has 0 aliphatic heterocycles. The summed E-state index contributed by atoms with van der Waals surface area (Å²) in [6.07, 6.45) is -1.35. The number of hydrogen-bond acceptors (Lipinski definition) is 0. The molecule has 6 aromatic heterocycles.